The smallest absolute Gasteiger partial charge is 0.241 e. The lowest BCUT2D eigenvalue weighted by molar-refractivity contribution is -0.00810. The minimum absolute atomic E-state index is 0.258. The molecule has 0 amide bonds. The van der Waals surface area contributed by atoms with Crippen LogP contribution in [0.5, 0.6) is 11.5 Å². The number of hydrogen-bond donors (Lipinski definition) is 3. The normalized spacial score (nSPS) is 27.3. The van der Waals surface area contributed by atoms with Crippen LogP contribution in [0, 0.1) is 17.8 Å². The van der Waals surface area contributed by atoms with Crippen molar-refractivity contribution in [1.82, 2.24) is 4.72 Å². The Balaban J connectivity index is 1.24. The van der Waals surface area contributed by atoms with Gasteiger partial charge < -0.3 is 20.1 Å². The Morgan fingerprint density at radius 1 is 0.912 bits per heavy atom. The highest BCUT2D eigenvalue weighted by Gasteiger charge is 2.52. The highest BCUT2D eigenvalue weighted by Crippen LogP contribution is 2.56. The predicted octanol–water partition coefficient (Wildman–Crippen LogP) is 4.76. The molecule has 7 nitrogen and oxygen atoms in total. The molecule has 0 saturated heterocycles. The Morgan fingerprint density at radius 2 is 1.53 bits per heavy atom. The summed E-state index contributed by atoms with van der Waals surface area (Å²) in [7, 11) is -0.414. The third-order valence-electron chi connectivity index (χ3n) is 7.47. The molecule has 4 bridgehead atoms. The van der Waals surface area contributed by atoms with Crippen LogP contribution in [0.4, 0.5) is 11.4 Å². The van der Waals surface area contributed by atoms with Crippen molar-refractivity contribution in [1.29, 1.82) is 0 Å². The zero-order valence-electron chi connectivity index (χ0n) is 19.5. The monoisotopic (exact) mass is 501 g/mol. The maximum atomic E-state index is 13.2. The molecule has 4 saturated carbocycles. The number of ether oxygens (including phenoxy) is 2. The van der Waals surface area contributed by atoms with Crippen molar-refractivity contribution in [3.05, 3.63) is 42.5 Å². The van der Waals surface area contributed by atoms with Crippen molar-refractivity contribution in [2.24, 2.45) is 17.8 Å². The van der Waals surface area contributed by atoms with E-state index in [-0.39, 0.29) is 10.4 Å². The highest BCUT2D eigenvalue weighted by atomic mass is 32.2. The number of rotatable bonds is 7. The summed E-state index contributed by atoms with van der Waals surface area (Å²) in [5.41, 5.74) is 1.10. The summed E-state index contributed by atoms with van der Waals surface area (Å²) in [5.74, 6) is 3.33. The summed E-state index contributed by atoms with van der Waals surface area (Å²) >= 11 is 5.43. The predicted molar refractivity (Wildman–Crippen MR) is 137 cm³/mol. The van der Waals surface area contributed by atoms with Gasteiger partial charge in [0.1, 0.15) is 11.5 Å². The van der Waals surface area contributed by atoms with Crippen molar-refractivity contribution < 1.29 is 17.9 Å². The number of sulfonamides is 1. The quantitative estimate of drug-likeness (QED) is 0.472. The van der Waals surface area contributed by atoms with Crippen molar-refractivity contribution in [3.63, 3.8) is 0 Å². The lowest BCUT2D eigenvalue weighted by Gasteiger charge is -2.56. The number of benzene rings is 2. The fraction of sp³-hybridized carbons (Fsp3) is 0.480. The Bertz CT molecular complexity index is 1150. The molecule has 4 aliphatic carbocycles. The summed E-state index contributed by atoms with van der Waals surface area (Å²) in [6, 6.07) is 12.1. The molecule has 4 aliphatic rings. The van der Waals surface area contributed by atoms with Gasteiger partial charge in [-0.05, 0) is 105 Å². The molecule has 2 aromatic carbocycles. The third-order valence-corrected chi connectivity index (χ3v) is 9.27. The molecule has 0 unspecified atom stereocenters. The Labute approximate surface area is 206 Å². The van der Waals surface area contributed by atoms with Gasteiger partial charge in [-0.15, -0.1) is 0 Å². The molecular weight excluding hydrogens is 470 g/mol. The van der Waals surface area contributed by atoms with Gasteiger partial charge in [0, 0.05) is 17.3 Å². The van der Waals surface area contributed by atoms with Crippen molar-refractivity contribution in [2.75, 3.05) is 24.9 Å². The minimum atomic E-state index is -3.59. The van der Waals surface area contributed by atoms with Crippen LogP contribution in [-0.4, -0.2) is 33.3 Å². The van der Waals surface area contributed by atoms with Gasteiger partial charge in [0.2, 0.25) is 10.0 Å². The second-order valence-corrected chi connectivity index (χ2v) is 12.1. The van der Waals surface area contributed by atoms with E-state index in [4.69, 9.17) is 21.7 Å². The summed E-state index contributed by atoms with van der Waals surface area (Å²) in [4.78, 5) is 0.280. The number of thiocarbonyl (C=S) groups is 1. The lowest BCUT2D eigenvalue weighted by atomic mass is 9.53. The van der Waals surface area contributed by atoms with Crippen LogP contribution in [0.15, 0.2) is 47.4 Å². The lowest BCUT2D eigenvalue weighted by Crippen LogP contribution is -2.59. The fourth-order valence-electron chi connectivity index (χ4n) is 6.49. The molecule has 0 spiro atoms. The molecule has 4 fully saturated rings. The van der Waals surface area contributed by atoms with Gasteiger partial charge in [-0.2, -0.15) is 0 Å². The molecular formula is C25H31N3O4S2. The van der Waals surface area contributed by atoms with Gasteiger partial charge in [-0.3, -0.25) is 0 Å². The minimum Gasteiger partial charge on any atom is -0.497 e. The van der Waals surface area contributed by atoms with Crippen molar-refractivity contribution >= 4 is 38.7 Å². The Hall–Kier alpha value is -2.36. The van der Waals surface area contributed by atoms with E-state index in [9.17, 15) is 8.42 Å². The molecule has 2 aromatic rings. The Kier molecular flexibility index (Phi) is 6.20. The third kappa shape index (κ3) is 4.74. The van der Waals surface area contributed by atoms with Crippen LogP contribution in [0.2, 0.25) is 0 Å². The van der Waals surface area contributed by atoms with Crippen LogP contribution >= 0.6 is 12.2 Å². The van der Waals surface area contributed by atoms with Crippen LogP contribution in [0.1, 0.15) is 38.5 Å². The van der Waals surface area contributed by atoms with Crippen LogP contribution < -0.4 is 24.8 Å². The largest absolute Gasteiger partial charge is 0.497 e. The first-order valence-corrected chi connectivity index (χ1v) is 13.6. The molecule has 0 aromatic heterocycles. The van der Waals surface area contributed by atoms with E-state index in [0.29, 0.717) is 45.7 Å². The van der Waals surface area contributed by atoms with Gasteiger partial charge in [-0.1, -0.05) is 0 Å². The second-order valence-electron chi connectivity index (χ2n) is 9.97. The van der Waals surface area contributed by atoms with Crippen molar-refractivity contribution in [3.8, 4) is 11.5 Å². The molecule has 182 valence electrons. The molecule has 0 heterocycles. The molecule has 34 heavy (non-hydrogen) atoms. The summed E-state index contributed by atoms with van der Waals surface area (Å²) in [6.07, 6.45) is 6.76. The molecule has 6 rings (SSSR count). The molecule has 0 radical (unpaired) electrons. The number of anilines is 2. The molecule has 9 heteroatoms. The first-order valence-electron chi connectivity index (χ1n) is 11.7. The van der Waals surface area contributed by atoms with E-state index in [0.717, 1.165) is 19.3 Å². The van der Waals surface area contributed by atoms with Crippen LogP contribution in [0.25, 0.3) is 0 Å². The summed E-state index contributed by atoms with van der Waals surface area (Å²) < 4.78 is 40.2. The first-order chi connectivity index (χ1) is 16.3. The van der Waals surface area contributed by atoms with E-state index >= 15 is 0 Å². The SMILES string of the molecule is COc1ccc(OC)c(NC(=S)Nc2ccc(S(=O)(=O)NC34CC5CC(CC(C5)C3)C4)cc2)c1. The van der Waals surface area contributed by atoms with Gasteiger partial charge in [-0.25, -0.2) is 13.1 Å². The van der Waals surface area contributed by atoms with Gasteiger partial charge in [0.05, 0.1) is 24.8 Å². The average Bonchev–Trinajstić information content (AvgIpc) is 2.77. The number of methoxy groups -OCH3 is 2. The number of hydrogen-bond acceptors (Lipinski definition) is 5. The molecule has 0 atom stereocenters. The standard InChI is InChI=1S/C25H31N3O4S2/c1-31-20-5-8-23(32-2)22(12-20)27-24(33)26-19-3-6-21(7-4-19)34(29,30)28-25-13-16-9-17(14-25)11-18(10-16)15-25/h3-8,12,16-18,28H,9-11,13-15H2,1-2H3,(H2,26,27,33). The van der Waals surface area contributed by atoms with Gasteiger partial charge in [0.25, 0.3) is 0 Å². The van der Waals surface area contributed by atoms with Gasteiger partial charge >= 0.3 is 0 Å². The maximum absolute atomic E-state index is 13.2. The molecule has 3 N–H and O–H groups in total. The van der Waals surface area contributed by atoms with E-state index in [1.54, 1.807) is 56.7 Å². The van der Waals surface area contributed by atoms with Crippen molar-refractivity contribution in [2.45, 2.75) is 49.0 Å². The zero-order chi connectivity index (χ0) is 23.9. The Morgan fingerprint density at radius 3 is 2.09 bits per heavy atom. The van der Waals surface area contributed by atoms with Crippen LogP contribution in [-0.2, 0) is 10.0 Å². The van der Waals surface area contributed by atoms with E-state index in [1.807, 2.05) is 0 Å². The second kappa shape index (κ2) is 9.02. The van der Waals surface area contributed by atoms with Gasteiger partial charge in [0.15, 0.2) is 5.11 Å². The number of nitrogens with one attached hydrogen (secondary N) is 3. The van der Waals surface area contributed by atoms with E-state index in [1.165, 1.54) is 19.3 Å². The summed E-state index contributed by atoms with van der Waals surface area (Å²) in [6.45, 7) is 0. The topological polar surface area (TPSA) is 88.7 Å². The molecule has 0 aliphatic heterocycles. The van der Waals surface area contributed by atoms with E-state index in [2.05, 4.69) is 15.4 Å². The van der Waals surface area contributed by atoms with E-state index < -0.39 is 10.0 Å². The maximum Gasteiger partial charge on any atom is 0.241 e. The zero-order valence-corrected chi connectivity index (χ0v) is 21.1. The first kappa shape index (κ1) is 23.4. The van der Waals surface area contributed by atoms with Crippen LogP contribution in [0.3, 0.4) is 0 Å². The highest BCUT2D eigenvalue weighted by molar-refractivity contribution is 7.89. The average molecular weight is 502 g/mol. The fourth-order valence-corrected chi connectivity index (χ4v) is 8.15. The summed E-state index contributed by atoms with van der Waals surface area (Å²) in [5, 5.41) is 6.55.